The van der Waals surface area contributed by atoms with E-state index < -0.39 is 5.91 Å². The van der Waals surface area contributed by atoms with Crippen LogP contribution in [-0.4, -0.2) is 35.9 Å². The van der Waals surface area contributed by atoms with Gasteiger partial charge in [0.15, 0.2) is 16.6 Å². The molecule has 0 heterocycles. The van der Waals surface area contributed by atoms with Gasteiger partial charge in [-0.3, -0.25) is 10.1 Å². The van der Waals surface area contributed by atoms with E-state index in [1.165, 1.54) is 0 Å². The molecule has 0 saturated heterocycles. The van der Waals surface area contributed by atoms with Gasteiger partial charge in [-0.1, -0.05) is 13.0 Å². The number of aryl methyl sites for hydroxylation is 1. The standard InChI is InChI=1S/C22H28N2O5S/c1-5-14-9-10-17(25)16(11-14)23-22(30)24-21(26)15-12-18(27-6-2)20(29-8-4)19(13-15)28-7-3/h9-13,25H,5-8H2,1-4H3,(H2,23,24,26,30). The fraction of sp³-hybridized carbons (Fsp3) is 0.364. The maximum atomic E-state index is 12.8. The van der Waals surface area contributed by atoms with Gasteiger partial charge in [0.25, 0.3) is 5.91 Å². The Morgan fingerprint density at radius 1 is 0.967 bits per heavy atom. The number of ether oxygens (including phenoxy) is 3. The monoisotopic (exact) mass is 432 g/mol. The number of rotatable bonds is 9. The average Bonchev–Trinajstić information content (AvgIpc) is 2.72. The lowest BCUT2D eigenvalue weighted by Gasteiger charge is -2.17. The van der Waals surface area contributed by atoms with E-state index in [2.05, 4.69) is 10.6 Å². The zero-order valence-electron chi connectivity index (χ0n) is 17.7. The number of aromatic hydroxyl groups is 1. The predicted octanol–water partition coefficient (Wildman–Crippen LogP) is 4.28. The number of benzene rings is 2. The third-order valence-corrected chi connectivity index (χ3v) is 4.32. The minimum absolute atomic E-state index is 0.0436. The van der Waals surface area contributed by atoms with Crippen molar-refractivity contribution < 1.29 is 24.1 Å². The Kier molecular flexibility index (Phi) is 8.73. The molecule has 0 fully saturated rings. The molecule has 162 valence electrons. The van der Waals surface area contributed by atoms with Gasteiger partial charge in [0.05, 0.1) is 25.5 Å². The normalized spacial score (nSPS) is 10.3. The zero-order chi connectivity index (χ0) is 22.1. The van der Waals surface area contributed by atoms with Gasteiger partial charge in [-0.25, -0.2) is 0 Å². The molecular weight excluding hydrogens is 404 g/mol. The van der Waals surface area contributed by atoms with E-state index in [0.717, 1.165) is 12.0 Å². The molecule has 2 aromatic carbocycles. The molecule has 30 heavy (non-hydrogen) atoms. The van der Waals surface area contributed by atoms with Gasteiger partial charge in [0, 0.05) is 5.56 Å². The van der Waals surface area contributed by atoms with Crippen molar-refractivity contribution in [2.75, 3.05) is 25.1 Å². The first-order valence-corrected chi connectivity index (χ1v) is 10.3. The number of anilines is 1. The molecule has 7 nitrogen and oxygen atoms in total. The van der Waals surface area contributed by atoms with Crippen LogP contribution in [0.1, 0.15) is 43.6 Å². The van der Waals surface area contributed by atoms with E-state index in [1.807, 2.05) is 33.8 Å². The van der Waals surface area contributed by atoms with Gasteiger partial charge < -0.3 is 24.6 Å². The van der Waals surface area contributed by atoms with E-state index in [4.69, 9.17) is 26.4 Å². The van der Waals surface area contributed by atoms with Crippen molar-refractivity contribution in [3.05, 3.63) is 41.5 Å². The Labute approximate surface area is 182 Å². The molecule has 0 saturated carbocycles. The SMILES string of the molecule is CCOc1cc(C(=O)NC(=S)Nc2cc(CC)ccc2O)cc(OCC)c1OCC. The molecule has 0 bridgehead atoms. The largest absolute Gasteiger partial charge is 0.506 e. The van der Waals surface area contributed by atoms with Gasteiger partial charge in [0.1, 0.15) is 5.75 Å². The molecule has 0 aliphatic heterocycles. The van der Waals surface area contributed by atoms with Crippen LogP contribution in [0.3, 0.4) is 0 Å². The molecular formula is C22H28N2O5S. The Morgan fingerprint density at radius 3 is 2.10 bits per heavy atom. The topological polar surface area (TPSA) is 89.1 Å². The number of thiocarbonyl (C=S) groups is 1. The molecule has 0 atom stereocenters. The summed E-state index contributed by atoms with van der Waals surface area (Å²) in [6, 6.07) is 8.37. The van der Waals surface area contributed by atoms with Crippen LogP contribution in [0.4, 0.5) is 5.69 Å². The molecule has 1 amide bonds. The predicted molar refractivity (Wildman–Crippen MR) is 121 cm³/mol. The van der Waals surface area contributed by atoms with Gasteiger partial charge in [-0.2, -0.15) is 0 Å². The third-order valence-electron chi connectivity index (χ3n) is 4.12. The number of hydrogen-bond acceptors (Lipinski definition) is 6. The Balaban J connectivity index is 2.24. The van der Waals surface area contributed by atoms with Crippen LogP contribution in [0, 0.1) is 0 Å². The van der Waals surface area contributed by atoms with Gasteiger partial charge in [-0.15, -0.1) is 0 Å². The summed E-state index contributed by atoms with van der Waals surface area (Å²) in [5.41, 5.74) is 1.76. The van der Waals surface area contributed by atoms with Crippen LogP contribution in [0.25, 0.3) is 0 Å². The van der Waals surface area contributed by atoms with E-state index in [-0.39, 0.29) is 10.9 Å². The Bertz CT molecular complexity index is 874. The second kappa shape index (κ2) is 11.3. The van der Waals surface area contributed by atoms with Crippen molar-refractivity contribution in [1.82, 2.24) is 5.32 Å². The summed E-state index contributed by atoms with van der Waals surface area (Å²) in [7, 11) is 0. The fourth-order valence-electron chi connectivity index (χ4n) is 2.75. The second-order valence-corrected chi connectivity index (χ2v) is 6.62. The highest BCUT2D eigenvalue weighted by Crippen LogP contribution is 2.39. The van der Waals surface area contributed by atoms with Crippen LogP contribution in [0.15, 0.2) is 30.3 Å². The Morgan fingerprint density at radius 2 is 1.57 bits per heavy atom. The summed E-state index contributed by atoms with van der Waals surface area (Å²) in [5, 5.41) is 15.6. The zero-order valence-corrected chi connectivity index (χ0v) is 18.5. The molecule has 2 rings (SSSR count). The smallest absolute Gasteiger partial charge is 0.257 e. The highest BCUT2D eigenvalue weighted by molar-refractivity contribution is 7.80. The van der Waals surface area contributed by atoms with Crippen molar-refractivity contribution >= 4 is 28.9 Å². The van der Waals surface area contributed by atoms with Crippen LogP contribution >= 0.6 is 12.2 Å². The molecule has 3 N–H and O–H groups in total. The van der Waals surface area contributed by atoms with E-state index in [0.29, 0.717) is 48.3 Å². The summed E-state index contributed by atoms with van der Waals surface area (Å²) in [5.74, 6) is 0.899. The minimum atomic E-state index is -0.441. The van der Waals surface area contributed by atoms with E-state index in [1.54, 1.807) is 24.3 Å². The number of carbonyl (C=O) groups excluding carboxylic acids is 1. The van der Waals surface area contributed by atoms with Crippen molar-refractivity contribution in [3.63, 3.8) is 0 Å². The lowest BCUT2D eigenvalue weighted by atomic mass is 10.1. The summed E-state index contributed by atoms with van der Waals surface area (Å²) in [6.07, 6.45) is 0.806. The van der Waals surface area contributed by atoms with Gasteiger partial charge in [-0.05, 0) is 69.2 Å². The van der Waals surface area contributed by atoms with E-state index in [9.17, 15) is 9.90 Å². The molecule has 0 aliphatic rings. The first-order valence-electron chi connectivity index (χ1n) is 9.93. The molecule has 8 heteroatoms. The van der Waals surface area contributed by atoms with Gasteiger partial charge >= 0.3 is 0 Å². The highest BCUT2D eigenvalue weighted by Gasteiger charge is 2.19. The lowest BCUT2D eigenvalue weighted by molar-refractivity contribution is 0.0976. The molecule has 0 unspecified atom stereocenters. The number of hydrogen-bond donors (Lipinski definition) is 3. The Hall–Kier alpha value is -3.00. The number of phenolic OH excluding ortho intramolecular Hbond substituents is 1. The van der Waals surface area contributed by atoms with E-state index >= 15 is 0 Å². The maximum Gasteiger partial charge on any atom is 0.257 e. The average molecular weight is 433 g/mol. The number of phenols is 1. The first kappa shape index (κ1) is 23.3. The molecule has 0 aliphatic carbocycles. The number of amides is 1. The number of nitrogens with one attached hydrogen (secondary N) is 2. The summed E-state index contributed by atoms with van der Waals surface area (Å²) in [6.45, 7) is 8.80. The molecule has 0 spiro atoms. The quantitative estimate of drug-likeness (QED) is 0.403. The second-order valence-electron chi connectivity index (χ2n) is 6.21. The van der Waals surface area contributed by atoms with Crippen LogP contribution < -0.4 is 24.8 Å². The van der Waals surface area contributed by atoms with Crippen molar-refractivity contribution in [3.8, 4) is 23.0 Å². The van der Waals surface area contributed by atoms with Gasteiger partial charge in [0.2, 0.25) is 5.75 Å². The van der Waals surface area contributed by atoms with Crippen molar-refractivity contribution in [2.24, 2.45) is 0 Å². The molecule has 0 aromatic heterocycles. The fourth-order valence-corrected chi connectivity index (χ4v) is 2.95. The summed E-state index contributed by atoms with van der Waals surface area (Å²) in [4.78, 5) is 12.8. The lowest BCUT2D eigenvalue weighted by Crippen LogP contribution is -2.34. The minimum Gasteiger partial charge on any atom is -0.506 e. The van der Waals surface area contributed by atoms with Crippen LogP contribution in [-0.2, 0) is 6.42 Å². The third kappa shape index (κ3) is 6.00. The summed E-state index contributed by atoms with van der Waals surface area (Å²) >= 11 is 5.25. The summed E-state index contributed by atoms with van der Waals surface area (Å²) < 4.78 is 16.9. The molecule has 2 aromatic rings. The van der Waals surface area contributed by atoms with Crippen molar-refractivity contribution in [1.29, 1.82) is 0 Å². The first-order chi connectivity index (χ1) is 14.4. The van der Waals surface area contributed by atoms with Crippen molar-refractivity contribution in [2.45, 2.75) is 34.1 Å². The maximum absolute atomic E-state index is 12.8. The van der Waals surface area contributed by atoms with Crippen LogP contribution in [0.5, 0.6) is 23.0 Å². The molecule has 0 radical (unpaired) electrons. The number of carbonyl (C=O) groups is 1. The van der Waals surface area contributed by atoms with Crippen LogP contribution in [0.2, 0.25) is 0 Å². The highest BCUT2D eigenvalue weighted by atomic mass is 32.1.